The zero-order valence-corrected chi connectivity index (χ0v) is 15.8. The maximum Gasteiger partial charge on any atom is 0.241 e. The maximum absolute atomic E-state index is 12.6. The van der Waals surface area contributed by atoms with Gasteiger partial charge in [0, 0.05) is 29.7 Å². The minimum absolute atomic E-state index is 0.0941. The third-order valence-electron chi connectivity index (χ3n) is 5.01. The number of rotatable bonds is 6. The Balaban J connectivity index is 2.33. The molecule has 2 rings (SSSR count). The van der Waals surface area contributed by atoms with Crippen molar-refractivity contribution in [2.75, 3.05) is 6.54 Å². The molecule has 128 valence electrons. The van der Waals surface area contributed by atoms with Gasteiger partial charge in [0.25, 0.3) is 0 Å². The van der Waals surface area contributed by atoms with Crippen molar-refractivity contribution < 1.29 is 9.22 Å². The Morgan fingerprint density at radius 1 is 1.43 bits per heavy atom. The monoisotopic (exact) mass is 335 g/mol. The van der Waals surface area contributed by atoms with E-state index in [9.17, 15) is 4.79 Å². The summed E-state index contributed by atoms with van der Waals surface area (Å²) in [6.45, 7) is 9.25. The summed E-state index contributed by atoms with van der Waals surface area (Å²) in [5.74, 6) is 2.52. The minimum atomic E-state index is -1.68. The molecule has 0 unspecified atom stereocenters. The van der Waals surface area contributed by atoms with Crippen molar-refractivity contribution in [1.82, 2.24) is 0 Å². The summed E-state index contributed by atoms with van der Waals surface area (Å²) in [6.07, 6.45) is 6.77. The number of nitrogens with zero attached hydrogens (tertiary/aromatic N) is 3. The van der Waals surface area contributed by atoms with E-state index in [0.717, 1.165) is 31.4 Å². The SMILES string of the molecule is CC[C@H]1C(O[Si](C)(C)C)=C[C@@H](CCN=[N+]=[N-])[C@@H]2C(=O)CCC[C@@H]21. The second kappa shape index (κ2) is 7.54. The molecule has 0 aromatic rings. The van der Waals surface area contributed by atoms with Crippen molar-refractivity contribution in [3.63, 3.8) is 0 Å². The normalized spacial score (nSPS) is 31.0. The number of carbonyl (C=O) groups is 1. The highest BCUT2D eigenvalue weighted by molar-refractivity contribution is 6.70. The molecule has 0 amide bonds. The predicted octanol–water partition coefficient (Wildman–Crippen LogP) is 5.06. The number of hydrogen-bond acceptors (Lipinski definition) is 3. The zero-order valence-electron chi connectivity index (χ0n) is 14.8. The Morgan fingerprint density at radius 3 is 2.78 bits per heavy atom. The molecule has 0 saturated heterocycles. The first-order valence-electron chi connectivity index (χ1n) is 8.81. The fraction of sp³-hybridized carbons (Fsp3) is 0.824. The summed E-state index contributed by atoms with van der Waals surface area (Å²) in [4.78, 5) is 15.4. The van der Waals surface area contributed by atoms with Crippen molar-refractivity contribution in [3.8, 4) is 0 Å². The summed E-state index contributed by atoms with van der Waals surface area (Å²) in [7, 11) is -1.68. The Labute approximate surface area is 140 Å². The molecule has 0 bridgehead atoms. The quantitative estimate of drug-likeness (QED) is 0.294. The molecule has 0 aromatic carbocycles. The molecule has 5 nitrogen and oxygen atoms in total. The molecule has 0 spiro atoms. The molecule has 23 heavy (non-hydrogen) atoms. The first-order chi connectivity index (χ1) is 10.9. The van der Waals surface area contributed by atoms with E-state index < -0.39 is 8.32 Å². The molecule has 2 aliphatic rings. The third kappa shape index (κ3) is 4.39. The van der Waals surface area contributed by atoms with Crippen LogP contribution in [0.2, 0.25) is 19.6 Å². The largest absolute Gasteiger partial charge is 0.547 e. The van der Waals surface area contributed by atoms with E-state index in [2.05, 4.69) is 42.7 Å². The van der Waals surface area contributed by atoms with Crippen molar-refractivity contribution in [3.05, 3.63) is 22.3 Å². The number of allylic oxidation sites excluding steroid dienone is 2. The van der Waals surface area contributed by atoms with Gasteiger partial charge >= 0.3 is 0 Å². The molecule has 0 radical (unpaired) electrons. The highest BCUT2D eigenvalue weighted by Gasteiger charge is 2.45. The van der Waals surface area contributed by atoms with E-state index in [-0.39, 0.29) is 11.8 Å². The summed E-state index contributed by atoms with van der Waals surface area (Å²) in [6, 6.07) is 0. The third-order valence-corrected chi connectivity index (χ3v) is 5.85. The van der Waals surface area contributed by atoms with Crippen LogP contribution in [0.25, 0.3) is 10.4 Å². The van der Waals surface area contributed by atoms with Gasteiger partial charge in [-0.05, 0) is 68.8 Å². The molecule has 0 aliphatic heterocycles. The van der Waals surface area contributed by atoms with Crippen LogP contribution >= 0.6 is 0 Å². The molecule has 2 aliphatic carbocycles. The fourth-order valence-electron chi connectivity index (χ4n) is 4.24. The molecule has 6 heteroatoms. The Hall–Kier alpha value is -1.26. The van der Waals surface area contributed by atoms with Crippen molar-refractivity contribution in [1.29, 1.82) is 0 Å². The van der Waals surface area contributed by atoms with E-state index in [1.54, 1.807) is 0 Å². The van der Waals surface area contributed by atoms with Crippen LogP contribution in [0.3, 0.4) is 0 Å². The number of carbonyl (C=O) groups excluding carboxylic acids is 1. The lowest BCUT2D eigenvalue weighted by Gasteiger charge is -2.45. The lowest BCUT2D eigenvalue weighted by Crippen LogP contribution is -2.43. The van der Waals surface area contributed by atoms with E-state index in [1.165, 1.54) is 0 Å². The van der Waals surface area contributed by atoms with Crippen LogP contribution in [0.1, 0.15) is 39.0 Å². The number of Topliss-reactive ketones (excluding diaryl/α,β-unsaturated/α-hetero) is 1. The Morgan fingerprint density at radius 2 is 2.17 bits per heavy atom. The number of fused-ring (bicyclic) bond motifs is 1. The summed E-state index contributed by atoms with van der Waals surface area (Å²) in [5.41, 5.74) is 8.52. The standard InChI is InChI=1S/C17H29N3O2Si/c1-5-13-14-7-6-8-15(21)17(14)12(9-10-19-20-18)11-16(13)22-23(2,3)4/h11-14,17H,5-10H2,1-4H3/t12-,13-,14-,17+/m1/s1. The molecule has 0 N–H and O–H groups in total. The Bertz CT molecular complexity index is 520. The fourth-order valence-corrected chi connectivity index (χ4v) is 5.16. The van der Waals surface area contributed by atoms with E-state index >= 15 is 0 Å². The van der Waals surface area contributed by atoms with E-state index in [1.807, 2.05) is 0 Å². The van der Waals surface area contributed by atoms with Crippen molar-refractivity contribution in [2.45, 2.75) is 58.7 Å². The highest BCUT2D eigenvalue weighted by atomic mass is 28.4. The lowest BCUT2D eigenvalue weighted by atomic mass is 9.61. The number of hydrogen-bond donors (Lipinski definition) is 0. The highest BCUT2D eigenvalue weighted by Crippen LogP contribution is 2.47. The van der Waals surface area contributed by atoms with Crippen LogP contribution in [0, 0.1) is 23.7 Å². The van der Waals surface area contributed by atoms with Crippen molar-refractivity contribution in [2.24, 2.45) is 28.8 Å². The minimum Gasteiger partial charge on any atom is -0.547 e. The van der Waals surface area contributed by atoms with Crippen LogP contribution in [-0.4, -0.2) is 20.6 Å². The van der Waals surface area contributed by atoms with Gasteiger partial charge < -0.3 is 4.43 Å². The first kappa shape index (κ1) is 18.1. The molecular formula is C17H29N3O2Si. The van der Waals surface area contributed by atoms with Gasteiger partial charge in [-0.15, -0.1) is 0 Å². The number of ketones is 1. The first-order valence-corrected chi connectivity index (χ1v) is 12.2. The second-order valence-electron chi connectivity index (χ2n) is 7.75. The van der Waals surface area contributed by atoms with Gasteiger partial charge in [-0.3, -0.25) is 4.79 Å². The van der Waals surface area contributed by atoms with Gasteiger partial charge in [0.05, 0.1) is 5.76 Å². The van der Waals surface area contributed by atoms with E-state index in [0.29, 0.717) is 30.6 Å². The molecule has 1 saturated carbocycles. The summed E-state index contributed by atoms with van der Waals surface area (Å²) >= 11 is 0. The van der Waals surface area contributed by atoms with Gasteiger partial charge in [-0.25, -0.2) is 0 Å². The van der Waals surface area contributed by atoms with E-state index in [4.69, 9.17) is 9.96 Å². The van der Waals surface area contributed by atoms with Crippen LogP contribution in [-0.2, 0) is 9.22 Å². The molecular weight excluding hydrogens is 306 g/mol. The van der Waals surface area contributed by atoms with Gasteiger partial charge in [0.1, 0.15) is 5.78 Å². The van der Waals surface area contributed by atoms with Gasteiger partial charge in [-0.1, -0.05) is 12.0 Å². The molecule has 4 atom stereocenters. The van der Waals surface area contributed by atoms with Gasteiger partial charge in [0.2, 0.25) is 8.32 Å². The second-order valence-corrected chi connectivity index (χ2v) is 12.2. The van der Waals surface area contributed by atoms with Crippen molar-refractivity contribution >= 4 is 14.1 Å². The molecule has 0 aromatic heterocycles. The molecule has 1 fully saturated rings. The van der Waals surface area contributed by atoms with Crippen LogP contribution in [0.5, 0.6) is 0 Å². The average Bonchev–Trinajstić information content (AvgIpc) is 2.46. The maximum atomic E-state index is 12.6. The van der Waals surface area contributed by atoms with Crippen LogP contribution in [0.4, 0.5) is 0 Å². The van der Waals surface area contributed by atoms with Gasteiger partial charge in [-0.2, -0.15) is 0 Å². The number of azide groups is 1. The Kier molecular flexibility index (Phi) is 5.93. The van der Waals surface area contributed by atoms with Crippen LogP contribution < -0.4 is 0 Å². The lowest BCUT2D eigenvalue weighted by molar-refractivity contribution is -0.130. The van der Waals surface area contributed by atoms with Crippen LogP contribution in [0.15, 0.2) is 16.9 Å². The zero-order chi connectivity index (χ0) is 17.0. The molecule has 0 heterocycles. The summed E-state index contributed by atoms with van der Waals surface area (Å²) < 4.78 is 6.39. The average molecular weight is 336 g/mol. The predicted molar refractivity (Wildman–Crippen MR) is 94.3 cm³/mol. The topological polar surface area (TPSA) is 75.1 Å². The summed E-state index contributed by atoms with van der Waals surface area (Å²) in [5, 5.41) is 3.68. The smallest absolute Gasteiger partial charge is 0.241 e. The van der Waals surface area contributed by atoms with Gasteiger partial charge in [0.15, 0.2) is 0 Å².